The molecule has 42 heavy (non-hydrogen) atoms. The average Bonchev–Trinajstić information content (AvgIpc) is 3.57. The number of amides is 2. The second kappa shape index (κ2) is 9.10. The maximum absolute atomic E-state index is 13.9. The van der Waals surface area contributed by atoms with Crippen LogP contribution in [0.15, 0.2) is 72.9 Å². The molecule has 5 aromatic rings. The van der Waals surface area contributed by atoms with Crippen LogP contribution in [0.5, 0.6) is 17.4 Å². The van der Waals surface area contributed by atoms with E-state index in [4.69, 9.17) is 14.2 Å². The molecule has 0 radical (unpaired) electrons. The molecule has 210 valence electrons. The number of nitrogens with one attached hydrogen (secondary N) is 1. The van der Waals surface area contributed by atoms with E-state index in [-0.39, 0.29) is 17.0 Å². The Morgan fingerprint density at radius 3 is 2.48 bits per heavy atom. The molecular formula is C33H27N3O6. The van der Waals surface area contributed by atoms with E-state index >= 15 is 0 Å². The van der Waals surface area contributed by atoms with E-state index in [9.17, 15) is 14.4 Å². The summed E-state index contributed by atoms with van der Waals surface area (Å²) in [5.74, 6) is 0.110. The maximum Gasteiger partial charge on any atom is 0.421 e. The van der Waals surface area contributed by atoms with Gasteiger partial charge in [-0.3, -0.25) is 14.5 Å². The largest absolute Gasteiger partial charge is 0.489 e. The van der Waals surface area contributed by atoms with Crippen molar-refractivity contribution in [2.75, 3.05) is 7.05 Å². The molecule has 4 heterocycles. The third-order valence-corrected chi connectivity index (χ3v) is 7.40. The van der Waals surface area contributed by atoms with Crippen molar-refractivity contribution >= 4 is 50.9 Å². The number of aromatic nitrogens is 2. The Kier molecular flexibility index (Phi) is 5.56. The van der Waals surface area contributed by atoms with Gasteiger partial charge in [0, 0.05) is 35.8 Å². The lowest BCUT2D eigenvalue weighted by atomic mass is 9.94. The van der Waals surface area contributed by atoms with Crippen LogP contribution in [0.4, 0.5) is 4.79 Å². The lowest BCUT2D eigenvalue weighted by Crippen LogP contribution is -2.27. The molecule has 2 aromatic heterocycles. The predicted molar refractivity (Wildman–Crippen MR) is 157 cm³/mol. The van der Waals surface area contributed by atoms with Crippen LogP contribution in [0.1, 0.15) is 37.5 Å². The first-order valence-corrected chi connectivity index (χ1v) is 13.6. The van der Waals surface area contributed by atoms with Gasteiger partial charge in [0.2, 0.25) is 5.88 Å². The highest BCUT2D eigenvalue weighted by Crippen LogP contribution is 2.50. The molecule has 0 saturated carbocycles. The van der Waals surface area contributed by atoms with Gasteiger partial charge in [0.05, 0.1) is 27.6 Å². The van der Waals surface area contributed by atoms with Crippen molar-refractivity contribution in [1.29, 1.82) is 0 Å². The molecule has 0 bridgehead atoms. The zero-order chi connectivity index (χ0) is 29.3. The molecule has 0 fully saturated rings. The number of benzene rings is 3. The fraction of sp³-hybridized carbons (Fsp3) is 0.182. The number of fused-ring (bicyclic) bond motifs is 5. The molecule has 2 amide bonds. The first-order valence-electron chi connectivity index (χ1n) is 13.6. The number of aromatic amines is 1. The van der Waals surface area contributed by atoms with E-state index in [2.05, 4.69) is 4.98 Å². The van der Waals surface area contributed by atoms with Gasteiger partial charge in [-0.25, -0.2) is 9.36 Å². The summed E-state index contributed by atoms with van der Waals surface area (Å²) in [7, 11) is 1.45. The second-order valence-electron chi connectivity index (χ2n) is 11.4. The highest BCUT2D eigenvalue weighted by Gasteiger charge is 2.43. The number of carbonyl (C=O) groups is 3. The summed E-state index contributed by atoms with van der Waals surface area (Å²) in [4.78, 5) is 45.5. The van der Waals surface area contributed by atoms with Crippen LogP contribution in [0.2, 0.25) is 0 Å². The summed E-state index contributed by atoms with van der Waals surface area (Å²) in [5, 5.41) is 1.18. The fourth-order valence-corrected chi connectivity index (χ4v) is 5.56. The van der Waals surface area contributed by atoms with Crippen molar-refractivity contribution in [3.8, 4) is 17.4 Å². The Hall–Kier alpha value is -5.31. The molecule has 2 aliphatic rings. The smallest absolute Gasteiger partial charge is 0.421 e. The van der Waals surface area contributed by atoms with Gasteiger partial charge in [-0.1, -0.05) is 36.4 Å². The zero-order valence-corrected chi connectivity index (χ0v) is 23.5. The van der Waals surface area contributed by atoms with E-state index in [0.717, 1.165) is 16.0 Å². The van der Waals surface area contributed by atoms with E-state index < -0.39 is 23.5 Å². The van der Waals surface area contributed by atoms with E-state index in [1.807, 2.05) is 42.5 Å². The Labute approximate surface area is 240 Å². The Balaban J connectivity index is 1.51. The van der Waals surface area contributed by atoms with Crippen LogP contribution < -0.4 is 9.47 Å². The summed E-state index contributed by atoms with van der Waals surface area (Å²) < 4.78 is 19.8. The van der Waals surface area contributed by atoms with Gasteiger partial charge in [0.25, 0.3) is 11.8 Å². The average molecular weight is 562 g/mol. The summed E-state index contributed by atoms with van der Waals surface area (Å²) in [6.07, 6.45) is 1.02. The normalized spacial score (nSPS) is 14.5. The summed E-state index contributed by atoms with van der Waals surface area (Å²) in [6.45, 7) is 5.64. The monoisotopic (exact) mass is 561 g/mol. The molecule has 3 aromatic carbocycles. The standard InChI is InChI=1S/C33H27N3O6/c1-33(2,3)42-32(39)36-23-15-19(40-17-18-9-6-5-7-10-18)13-14-20(23)27-28-26(29(37)35(4)30(28)38)21-16-34-22-11-8-12-24(25(21)22)41-31(27)36/h5-16,34H,17H2,1-4H3. The molecule has 1 N–H and O–H groups in total. The molecular weight excluding hydrogens is 534 g/mol. The minimum absolute atomic E-state index is 0.0859. The molecule has 9 nitrogen and oxygen atoms in total. The summed E-state index contributed by atoms with van der Waals surface area (Å²) >= 11 is 0. The van der Waals surface area contributed by atoms with Crippen LogP contribution >= 0.6 is 0 Å². The molecule has 0 spiro atoms. The van der Waals surface area contributed by atoms with Crippen molar-refractivity contribution in [2.45, 2.75) is 33.0 Å². The topological polar surface area (TPSA) is 103 Å². The number of hydrogen-bond acceptors (Lipinski definition) is 6. The van der Waals surface area contributed by atoms with Crippen LogP contribution in [-0.4, -0.2) is 45.0 Å². The van der Waals surface area contributed by atoms with Crippen LogP contribution in [-0.2, 0) is 20.9 Å². The Morgan fingerprint density at radius 1 is 0.952 bits per heavy atom. The number of ether oxygens (including phenoxy) is 3. The highest BCUT2D eigenvalue weighted by atomic mass is 16.6. The summed E-state index contributed by atoms with van der Waals surface area (Å²) in [5.41, 5.74) is 2.62. The quantitative estimate of drug-likeness (QED) is 0.252. The minimum atomic E-state index is -0.818. The molecule has 7 rings (SSSR count). The van der Waals surface area contributed by atoms with Gasteiger partial charge in [-0.2, -0.15) is 0 Å². The lowest BCUT2D eigenvalue weighted by molar-refractivity contribution is -0.134. The van der Waals surface area contributed by atoms with Gasteiger partial charge in [-0.05, 0) is 50.6 Å². The van der Waals surface area contributed by atoms with E-state index in [0.29, 0.717) is 45.5 Å². The molecule has 0 unspecified atom stereocenters. The number of carbonyl (C=O) groups excluding carboxylic acids is 3. The Morgan fingerprint density at radius 2 is 1.71 bits per heavy atom. The van der Waals surface area contributed by atoms with Gasteiger partial charge in [0.1, 0.15) is 23.7 Å². The number of rotatable bonds is 3. The van der Waals surface area contributed by atoms with Gasteiger partial charge < -0.3 is 19.2 Å². The molecule has 2 aliphatic heterocycles. The number of likely N-dealkylation sites (N-methyl/N-ethyl adjacent to an activating group) is 1. The van der Waals surface area contributed by atoms with Crippen molar-refractivity contribution in [3.63, 3.8) is 0 Å². The third-order valence-electron chi connectivity index (χ3n) is 7.40. The first kappa shape index (κ1) is 25.6. The molecule has 0 saturated heterocycles. The van der Waals surface area contributed by atoms with E-state index in [1.54, 1.807) is 51.2 Å². The van der Waals surface area contributed by atoms with Gasteiger partial charge >= 0.3 is 6.09 Å². The van der Waals surface area contributed by atoms with Crippen molar-refractivity contribution in [3.05, 3.63) is 89.6 Å². The highest BCUT2D eigenvalue weighted by molar-refractivity contribution is 6.51. The maximum atomic E-state index is 13.9. The summed E-state index contributed by atoms with van der Waals surface area (Å²) in [6, 6.07) is 20.5. The van der Waals surface area contributed by atoms with Crippen molar-refractivity contribution < 1.29 is 28.6 Å². The van der Waals surface area contributed by atoms with Crippen LogP contribution in [0.25, 0.3) is 33.0 Å². The molecule has 0 atom stereocenters. The number of H-pyrrole nitrogens is 1. The Bertz CT molecular complexity index is 1990. The SMILES string of the molecule is CN1C(=O)C2=C(C1=O)c1c[nH]c3cccc(c13)Oc1c2c2ccc(OCc3ccccc3)cc2n1C(=O)OC(C)(C)C. The van der Waals surface area contributed by atoms with Crippen molar-refractivity contribution in [1.82, 2.24) is 14.5 Å². The van der Waals surface area contributed by atoms with Gasteiger partial charge in [0.15, 0.2) is 0 Å². The van der Waals surface area contributed by atoms with Crippen LogP contribution in [0.3, 0.4) is 0 Å². The third kappa shape index (κ3) is 3.88. The fourth-order valence-electron chi connectivity index (χ4n) is 5.56. The second-order valence-corrected chi connectivity index (χ2v) is 11.4. The number of hydrogen-bond donors (Lipinski definition) is 1. The van der Waals surface area contributed by atoms with Gasteiger partial charge in [-0.15, -0.1) is 0 Å². The number of imide groups is 1. The van der Waals surface area contributed by atoms with Crippen molar-refractivity contribution in [2.24, 2.45) is 0 Å². The molecule has 9 heteroatoms. The lowest BCUT2D eigenvalue weighted by Gasteiger charge is -2.21. The van der Waals surface area contributed by atoms with E-state index in [1.165, 1.54) is 11.6 Å². The zero-order valence-electron chi connectivity index (χ0n) is 23.5. The van der Waals surface area contributed by atoms with Crippen LogP contribution in [0, 0.1) is 0 Å². The molecule has 0 aliphatic carbocycles. The minimum Gasteiger partial charge on any atom is -0.489 e. The predicted octanol–water partition coefficient (Wildman–Crippen LogP) is 6.50. The first-order chi connectivity index (χ1) is 20.1. The number of nitrogens with zero attached hydrogens (tertiary/aromatic N) is 2.